The molecule has 1 aromatic carbocycles. The summed E-state index contributed by atoms with van der Waals surface area (Å²) < 4.78 is 7.84. The van der Waals surface area contributed by atoms with Gasteiger partial charge in [-0.25, -0.2) is 14.8 Å². The zero-order chi connectivity index (χ0) is 27.6. The predicted octanol–water partition coefficient (Wildman–Crippen LogP) is 6.09. The Morgan fingerprint density at radius 1 is 1.14 bits per heavy atom. The average molecular weight is 586 g/mol. The van der Waals surface area contributed by atoms with Crippen molar-refractivity contribution < 1.29 is 14.6 Å². The molecule has 2 N–H and O–H groups in total. The number of aliphatic hydroxyl groups is 1. The summed E-state index contributed by atoms with van der Waals surface area (Å²) in [4.78, 5) is 39.1. The number of aliphatic hydroxyl groups excluding tert-OH is 1. The maximum Gasteiger partial charge on any atom is 0.353 e. The van der Waals surface area contributed by atoms with Gasteiger partial charge in [-0.05, 0) is 55.5 Å². The monoisotopic (exact) mass is 585 g/mol. The van der Waals surface area contributed by atoms with E-state index in [0.717, 1.165) is 31.1 Å². The Morgan fingerprint density at radius 2 is 1.95 bits per heavy atom. The Bertz CT molecular complexity index is 1820. The van der Waals surface area contributed by atoms with Crippen LogP contribution in [0.25, 0.3) is 32.7 Å². The molecule has 0 saturated heterocycles. The third-order valence-electron chi connectivity index (χ3n) is 7.19. The Balaban J connectivity index is 0.00000202. The van der Waals surface area contributed by atoms with Gasteiger partial charge in [0.1, 0.15) is 21.9 Å². The van der Waals surface area contributed by atoms with Crippen LogP contribution < -0.4 is 20.3 Å². The van der Waals surface area contributed by atoms with E-state index in [9.17, 15) is 14.7 Å². The summed E-state index contributed by atoms with van der Waals surface area (Å²) in [6, 6.07) is 14.6. The van der Waals surface area contributed by atoms with Crippen molar-refractivity contribution in [3.63, 3.8) is 0 Å². The van der Waals surface area contributed by atoms with Crippen LogP contribution in [-0.4, -0.2) is 36.6 Å². The fraction of sp³-hybridized carbons (Fsp3) is 0.281. The molecule has 4 aromatic heterocycles. The number of rotatable bonds is 7. The number of para-hydroxylation sites is 1. The van der Waals surface area contributed by atoms with Crippen molar-refractivity contribution in [3.8, 4) is 17.3 Å². The van der Waals surface area contributed by atoms with Crippen molar-refractivity contribution >= 4 is 44.3 Å². The molecule has 10 heteroatoms. The first kappa shape index (κ1) is 30.4. The average Bonchev–Trinajstić information content (AvgIpc) is 3.34. The molecule has 1 fully saturated rings. The lowest BCUT2D eigenvalue weighted by atomic mass is 9.83. The summed E-state index contributed by atoms with van der Waals surface area (Å²) in [5.41, 5.74) is 1.16. The van der Waals surface area contributed by atoms with E-state index in [1.54, 1.807) is 30.6 Å². The number of hydrogen-bond acceptors (Lipinski definition) is 8. The van der Waals surface area contributed by atoms with Crippen molar-refractivity contribution in [1.29, 1.82) is 0 Å². The Morgan fingerprint density at radius 3 is 2.69 bits per heavy atom. The fourth-order valence-corrected chi connectivity index (χ4v) is 6.44. The second kappa shape index (κ2) is 12.9. The van der Waals surface area contributed by atoms with Gasteiger partial charge in [0.15, 0.2) is 0 Å². The third kappa shape index (κ3) is 6.03. The number of aromatic nitrogens is 4. The van der Waals surface area contributed by atoms with Crippen LogP contribution in [0.5, 0.6) is 11.6 Å². The molecule has 0 spiro atoms. The SMILES string of the molecule is C.C.C=CC(=O)N[C@@H]1CCC[C@@H](CC(O)=c2sc3nccc4c3c2nc(=O)n4-c2ccc(Oc3ccccc3)nc2)C1. The molecular weight excluding hydrogens is 550 g/mol. The van der Waals surface area contributed by atoms with E-state index in [4.69, 9.17) is 4.74 Å². The van der Waals surface area contributed by atoms with Crippen LogP contribution in [0.15, 0.2) is 78.4 Å². The van der Waals surface area contributed by atoms with Crippen LogP contribution in [0, 0.1) is 5.92 Å². The number of nitrogens with zero attached hydrogens (tertiary/aromatic N) is 4. The normalized spacial score (nSPS) is 17.1. The molecule has 1 aliphatic carbocycles. The Kier molecular flexibility index (Phi) is 9.37. The number of carbonyl (C=O) groups excluding carboxylic acids is 1. The van der Waals surface area contributed by atoms with Gasteiger partial charge in [-0.15, -0.1) is 11.3 Å². The van der Waals surface area contributed by atoms with Crippen LogP contribution in [-0.2, 0) is 4.79 Å². The zero-order valence-corrected chi connectivity index (χ0v) is 22.4. The van der Waals surface area contributed by atoms with E-state index in [-0.39, 0.29) is 38.5 Å². The fourth-order valence-electron chi connectivity index (χ4n) is 5.39. The Hall–Kier alpha value is -4.57. The molecule has 4 heterocycles. The number of pyridine rings is 2. The second-order valence-corrected chi connectivity index (χ2v) is 10.9. The lowest BCUT2D eigenvalue weighted by molar-refractivity contribution is -0.117. The van der Waals surface area contributed by atoms with E-state index in [2.05, 4.69) is 26.8 Å². The highest BCUT2D eigenvalue weighted by Gasteiger charge is 2.25. The maximum atomic E-state index is 13.4. The molecule has 1 saturated carbocycles. The van der Waals surface area contributed by atoms with E-state index in [0.29, 0.717) is 44.1 Å². The van der Waals surface area contributed by atoms with Crippen LogP contribution in [0.4, 0.5) is 0 Å². The molecular formula is C32H35N5O4S. The van der Waals surface area contributed by atoms with Gasteiger partial charge in [0.05, 0.1) is 27.3 Å². The summed E-state index contributed by atoms with van der Waals surface area (Å²) >= 11 is 1.33. The Labute approximate surface area is 248 Å². The first-order chi connectivity index (χ1) is 19.5. The number of carbonyl (C=O) groups is 1. The minimum atomic E-state index is -0.476. The second-order valence-electron chi connectivity index (χ2n) is 9.88. The van der Waals surface area contributed by atoms with E-state index in [1.165, 1.54) is 22.0 Å². The molecule has 42 heavy (non-hydrogen) atoms. The van der Waals surface area contributed by atoms with Crippen LogP contribution in [0.1, 0.15) is 47.0 Å². The van der Waals surface area contributed by atoms with Crippen molar-refractivity contribution in [2.45, 2.75) is 53.0 Å². The summed E-state index contributed by atoms with van der Waals surface area (Å²) in [7, 11) is 0. The van der Waals surface area contributed by atoms with Gasteiger partial charge in [0, 0.05) is 24.7 Å². The first-order valence-corrected chi connectivity index (χ1v) is 14.0. The standard InChI is InChI=1S/C30H27N5O4S.2CH4/c1-2-24(37)33-19-8-6-7-18(15-19)16-23(36)28-27-26-22(13-14-31-29(26)40-28)35(30(38)34-27)20-11-12-25(32-17-20)39-21-9-4-3-5-10-21;;/h2-5,9-14,17-19,36H,1,6-8,15-16H2,(H,33,37);2*1H4/t18-,19-;;/m1../s1. The van der Waals surface area contributed by atoms with Crippen LogP contribution >= 0.6 is 11.3 Å². The molecule has 0 aliphatic heterocycles. The molecule has 218 valence electrons. The van der Waals surface area contributed by atoms with E-state index < -0.39 is 5.69 Å². The molecule has 2 atom stereocenters. The molecule has 1 aliphatic rings. The number of amides is 1. The van der Waals surface area contributed by atoms with Gasteiger partial charge in [0.2, 0.25) is 11.8 Å². The molecule has 6 rings (SSSR count). The highest BCUT2D eigenvalue weighted by atomic mass is 32.1. The number of hydrogen-bond donors (Lipinski definition) is 2. The van der Waals surface area contributed by atoms with Crippen LogP contribution in [0.3, 0.4) is 0 Å². The minimum Gasteiger partial charge on any atom is -0.511 e. The molecule has 9 nitrogen and oxygen atoms in total. The highest BCUT2D eigenvalue weighted by Crippen LogP contribution is 2.31. The number of benzene rings is 1. The minimum absolute atomic E-state index is 0. The lowest BCUT2D eigenvalue weighted by Gasteiger charge is -2.29. The van der Waals surface area contributed by atoms with Gasteiger partial charge in [0.25, 0.3) is 0 Å². The van der Waals surface area contributed by atoms with Gasteiger partial charge in [-0.3, -0.25) is 9.36 Å². The number of ether oxygens (including phenoxy) is 1. The van der Waals surface area contributed by atoms with Crippen molar-refractivity contribution in [2.24, 2.45) is 5.92 Å². The zero-order valence-electron chi connectivity index (χ0n) is 21.6. The van der Waals surface area contributed by atoms with E-state index in [1.807, 2.05) is 30.3 Å². The van der Waals surface area contributed by atoms with Gasteiger partial charge < -0.3 is 15.2 Å². The number of thiophene rings is 1. The smallest absolute Gasteiger partial charge is 0.353 e. The summed E-state index contributed by atoms with van der Waals surface area (Å²) in [5.74, 6) is 1.29. The lowest BCUT2D eigenvalue weighted by Crippen LogP contribution is -2.37. The molecule has 0 bridgehead atoms. The molecule has 0 unspecified atom stereocenters. The van der Waals surface area contributed by atoms with E-state index >= 15 is 0 Å². The quantitative estimate of drug-likeness (QED) is 0.222. The third-order valence-corrected chi connectivity index (χ3v) is 8.32. The van der Waals surface area contributed by atoms with Crippen molar-refractivity contribution in [1.82, 2.24) is 24.8 Å². The van der Waals surface area contributed by atoms with Gasteiger partial charge in [-0.2, -0.15) is 4.98 Å². The molecule has 1 amide bonds. The van der Waals surface area contributed by atoms with Gasteiger partial charge in [-0.1, -0.05) is 46.1 Å². The summed E-state index contributed by atoms with van der Waals surface area (Å²) in [6.07, 6.45) is 8.55. The van der Waals surface area contributed by atoms with Crippen molar-refractivity contribution in [2.75, 3.05) is 0 Å². The topological polar surface area (TPSA) is 119 Å². The van der Waals surface area contributed by atoms with Crippen molar-refractivity contribution in [3.05, 3.63) is 88.6 Å². The summed E-state index contributed by atoms with van der Waals surface area (Å²) in [5, 5.41) is 14.9. The highest BCUT2D eigenvalue weighted by molar-refractivity contribution is 7.17. The maximum absolute atomic E-state index is 13.4. The molecule has 0 radical (unpaired) electrons. The predicted molar refractivity (Wildman–Crippen MR) is 168 cm³/mol. The largest absolute Gasteiger partial charge is 0.511 e. The van der Waals surface area contributed by atoms with Gasteiger partial charge >= 0.3 is 5.69 Å². The molecule has 5 aromatic rings. The first-order valence-electron chi connectivity index (χ1n) is 13.1. The van der Waals surface area contributed by atoms with Crippen LogP contribution in [0.2, 0.25) is 0 Å². The summed E-state index contributed by atoms with van der Waals surface area (Å²) in [6.45, 7) is 3.52. The number of nitrogens with one attached hydrogen (secondary N) is 1.